The van der Waals surface area contributed by atoms with Crippen molar-refractivity contribution in [2.75, 3.05) is 19.6 Å². The van der Waals surface area contributed by atoms with Gasteiger partial charge in [0.25, 0.3) is 0 Å². The monoisotopic (exact) mass is 209 g/mol. The third-order valence-electron chi connectivity index (χ3n) is 3.89. The molecule has 2 aliphatic rings. The Bertz CT molecular complexity index is 203. The third kappa shape index (κ3) is 3.30. The van der Waals surface area contributed by atoms with E-state index in [1.54, 1.807) is 0 Å². The Hall–Kier alpha value is -0.370. The molecule has 2 heteroatoms. The van der Waals surface area contributed by atoms with Crippen molar-refractivity contribution in [2.24, 2.45) is 5.92 Å². The molecule has 0 unspecified atom stereocenters. The molecule has 0 aromatic heterocycles. The number of hydrogen-bond acceptors (Lipinski definition) is 2. The lowest BCUT2D eigenvalue weighted by atomic mass is 9.86. The number of Topliss-reactive ketones (excluding diaryl/α,β-unsaturated/α-hetero) is 1. The number of carbonyl (C=O) groups is 1. The lowest BCUT2D eigenvalue weighted by Crippen LogP contribution is -2.37. The van der Waals surface area contributed by atoms with Gasteiger partial charge in [0.15, 0.2) is 0 Å². The molecule has 15 heavy (non-hydrogen) atoms. The maximum absolute atomic E-state index is 12.0. The van der Waals surface area contributed by atoms with Crippen LogP contribution < -0.4 is 0 Å². The van der Waals surface area contributed by atoms with Gasteiger partial charge in [-0.2, -0.15) is 0 Å². The number of carbonyl (C=O) groups excluding carboxylic acids is 1. The second-order valence-electron chi connectivity index (χ2n) is 5.14. The molecule has 0 amide bonds. The predicted octanol–water partition coefficient (Wildman–Crippen LogP) is 2.62. The average Bonchev–Trinajstić information content (AvgIpc) is 2.31. The van der Waals surface area contributed by atoms with Crippen LogP contribution in [0.5, 0.6) is 0 Å². The molecule has 2 nitrogen and oxygen atoms in total. The highest BCUT2D eigenvalue weighted by molar-refractivity contribution is 5.83. The van der Waals surface area contributed by atoms with Crippen molar-refractivity contribution in [3.8, 4) is 0 Å². The number of rotatable bonds is 3. The van der Waals surface area contributed by atoms with Gasteiger partial charge in [-0.3, -0.25) is 9.69 Å². The molecular weight excluding hydrogens is 186 g/mol. The van der Waals surface area contributed by atoms with Crippen molar-refractivity contribution >= 4 is 5.78 Å². The van der Waals surface area contributed by atoms with Gasteiger partial charge in [-0.15, -0.1) is 0 Å². The molecule has 1 aliphatic carbocycles. The van der Waals surface area contributed by atoms with E-state index >= 15 is 0 Å². The second kappa shape index (κ2) is 5.64. The minimum absolute atomic E-state index is 0.403. The zero-order chi connectivity index (χ0) is 10.5. The van der Waals surface area contributed by atoms with Crippen molar-refractivity contribution < 1.29 is 4.79 Å². The molecule has 0 radical (unpaired) electrons. The Balaban J connectivity index is 1.74. The van der Waals surface area contributed by atoms with Crippen molar-refractivity contribution in [3.63, 3.8) is 0 Å². The largest absolute Gasteiger partial charge is 0.298 e. The van der Waals surface area contributed by atoms with E-state index in [1.165, 1.54) is 38.5 Å². The number of ketones is 1. The molecular formula is C13H23NO. The van der Waals surface area contributed by atoms with Gasteiger partial charge in [0.1, 0.15) is 5.78 Å². The third-order valence-corrected chi connectivity index (χ3v) is 3.89. The molecule has 1 saturated heterocycles. The van der Waals surface area contributed by atoms with Gasteiger partial charge in [0, 0.05) is 5.92 Å². The summed E-state index contributed by atoms with van der Waals surface area (Å²) in [4.78, 5) is 14.4. The normalized spacial score (nSPS) is 25.3. The van der Waals surface area contributed by atoms with Gasteiger partial charge >= 0.3 is 0 Å². The Morgan fingerprint density at radius 1 is 0.933 bits per heavy atom. The van der Waals surface area contributed by atoms with Crippen LogP contribution in [0, 0.1) is 5.92 Å². The Labute approximate surface area is 93.0 Å². The van der Waals surface area contributed by atoms with E-state index in [2.05, 4.69) is 4.90 Å². The van der Waals surface area contributed by atoms with Crippen LogP contribution in [0.1, 0.15) is 51.4 Å². The molecule has 1 aliphatic heterocycles. The van der Waals surface area contributed by atoms with Crippen LogP contribution in [-0.2, 0) is 4.79 Å². The molecule has 2 fully saturated rings. The van der Waals surface area contributed by atoms with Crippen LogP contribution in [0.2, 0.25) is 0 Å². The van der Waals surface area contributed by atoms with Crippen LogP contribution in [0.3, 0.4) is 0 Å². The van der Waals surface area contributed by atoms with Crippen LogP contribution in [0.15, 0.2) is 0 Å². The lowest BCUT2D eigenvalue weighted by Gasteiger charge is -2.28. The molecule has 0 bridgehead atoms. The van der Waals surface area contributed by atoms with Crippen LogP contribution >= 0.6 is 0 Å². The summed E-state index contributed by atoms with van der Waals surface area (Å²) in [6.45, 7) is 3.04. The molecule has 2 rings (SSSR count). The number of likely N-dealkylation sites (tertiary alicyclic amines) is 1. The van der Waals surface area contributed by atoms with Crippen LogP contribution in [0.4, 0.5) is 0 Å². The highest BCUT2D eigenvalue weighted by Crippen LogP contribution is 2.24. The van der Waals surface area contributed by atoms with Crippen molar-refractivity contribution in [1.29, 1.82) is 0 Å². The first-order valence-electron chi connectivity index (χ1n) is 6.61. The fourth-order valence-corrected chi connectivity index (χ4v) is 2.89. The van der Waals surface area contributed by atoms with Gasteiger partial charge in [-0.05, 0) is 38.8 Å². The molecule has 1 saturated carbocycles. The van der Waals surface area contributed by atoms with Gasteiger partial charge in [0.05, 0.1) is 6.54 Å². The van der Waals surface area contributed by atoms with E-state index in [9.17, 15) is 4.79 Å². The Morgan fingerprint density at radius 2 is 1.53 bits per heavy atom. The summed E-state index contributed by atoms with van der Waals surface area (Å²) in [5.74, 6) is 0.928. The highest BCUT2D eigenvalue weighted by atomic mass is 16.1. The quantitative estimate of drug-likeness (QED) is 0.712. The smallest absolute Gasteiger partial charge is 0.149 e. The zero-order valence-electron chi connectivity index (χ0n) is 9.71. The van der Waals surface area contributed by atoms with E-state index in [-0.39, 0.29) is 0 Å². The van der Waals surface area contributed by atoms with Gasteiger partial charge < -0.3 is 0 Å². The minimum Gasteiger partial charge on any atom is -0.298 e. The molecule has 0 N–H and O–H groups in total. The molecule has 0 aromatic carbocycles. The summed E-state index contributed by atoms with van der Waals surface area (Å²) >= 11 is 0. The first-order valence-corrected chi connectivity index (χ1v) is 6.61. The molecule has 1 heterocycles. The molecule has 0 aromatic rings. The van der Waals surface area contributed by atoms with E-state index in [0.29, 0.717) is 11.7 Å². The van der Waals surface area contributed by atoms with Crippen molar-refractivity contribution in [1.82, 2.24) is 4.90 Å². The fourth-order valence-electron chi connectivity index (χ4n) is 2.89. The van der Waals surface area contributed by atoms with E-state index in [4.69, 9.17) is 0 Å². The molecule has 0 atom stereocenters. The summed E-state index contributed by atoms with van der Waals surface area (Å²) in [7, 11) is 0. The topological polar surface area (TPSA) is 20.3 Å². The predicted molar refractivity (Wildman–Crippen MR) is 61.9 cm³/mol. The summed E-state index contributed by atoms with van der Waals surface area (Å²) in [5.41, 5.74) is 0. The summed E-state index contributed by atoms with van der Waals surface area (Å²) in [6.07, 6.45) is 10.1. The SMILES string of the molecule is O=C(CN1CCCCC1)C1CCCCC1. The second-order valence-corrected chi connectivity index (χ2v) is 5.14. The van der Waals surface area contributed by atoms with E-state index < -0.39 is 0 Å². The lowest BCUT2D eigenvalue weighted by molar-refractivity contribution is -0.125. The zero-order valence-corrected chi connectivity index (χ0v) is 9.71. The van der Waals surface area contributed by atoms with E-state index in [1.807, 2.05) is 0 Å². The van der Waals surface area contributed by atoms with E-state index in [0.717, 1.165) is 32.5 Å². The first kappa shape index (κ1) is 11.1. The minimum atomic E-state index is 0.403. The first-order chi connectivity index (χ1) is 7.36. The fraction of sp³-hybridized carbons (Fsp3) is 0.923. The van der Waals surface area contributed by atoms with Crippen LogP contribution in [0.25, 0.3) is 0 Å². The summed E-state index contributed by atoms with van der Waals surface area (Å²) in [6, 6.07) is 0. The maximum Gasteiger partial charge on any atom is 0.149 e. The van der Waals surface area contributed by atoms with Crippen molar-refractivity contribution in [3.05, 3.63) is 0 Å². The van der Waals surface area contributed by atoms with Crippen LogP contribution in [-0.4, -0.2) is 30.3 Å². The highest BCUT2D eigenvalue weighted by Gasteiger charge is 2.23. The standard InChI is InChI=1S/C13H23NO/c15-13(12-7-3-1-4-8-12)11-14-9-5-2-6-10-14/h12H,1-11H2. The number of piperidine rings is 1. The summed E-state index contributed by atoms with van der Waals surface area (Å²) < 4.78 is 0. The van der Waals surface area contributed by atoms with Gasteiger partial charge in [-0.1, -0.05) is 25.7 Å². The molecule has 86 valence electrons. The Morgan fingerprint density at radius 3 is 2.20 bits per heavy atom. The summed E-state index contributed by atoms with van der Waals surface area (Å²) in [5, 5.41) is 0. The Kier molecular flexibility index (Phi) is 4.18. The number of nitrogens with zero attached hydrogens (tertiary/aromatic N) is 1. The maximum atomic E-state index is 12.0. The van der Waals surface area contributed by atoms with Gasteiger partial charge in [0.2, 0.25) is 0 Å². The van der Waals surface area contributed by atoms with Crippen molar-refractivity contribution in [2.45, 2.75) is 51.4 Å². The van der Waals surface area contributed by atoms with Gasteiger partial charge in [-0.25, -0.2) is 0 Å². The molecule has 0 spiro atoms. The number of hydrogen-bond donors (Lipinski definition) is 0. The average molecular weight is 209 g/mol.